The first-order valence-corrected chi connectivity index (χ1v) is 11.9. The van der Waals surface area contributed by atoms with Gasteiger partial charge in [-0.15, -0.1) is 0 Å². The highest BCUT2D eigenvalue weighted by Gasteiger charge is 2.30. The van der Waals surface area contributed by atoms with Crippen LogP contribution in [0.25, 0.3) is 0 Å². The van der Waals surface area contributed by atoms with Gasteiger partial charge in [0.15, 0.2) is 0 Å². The Morgan fingerprint density at radius 2 is 1.62 bits per heavy atom. The van der Waals surface area contributed by atoms with Gasteiger partial charge in [-0.3, -0.25) is 4.79 Å². The highest BCUT2D eigenvalue weighted by Crippen LogP contribution is 2.18. The molecule has 0 atom stereocenters. The molecule has 0 bridgehead atoms. The molecule has 2 rings (SSSR count). The Morgan fingerprint density at radius 3 is 2.12 bits per heavy atom. The van der Waals surface area contributed by atoms with Crippen molar-refractivity contribution >= 4 is 41.9 Å². The van der Waals surface area contributed by atoms with Crippen molar-refractivity contribution < 1.29 is 21.6 Å². The summed E-state index contributed by atoms with van der Waals surface area (Å²) in [4.78, 5) is 14.0. The molecule has 1 saturated heterocycles. The number of carbonyl (C=O) groups is 1. The Morgan fingerprint density at radius 1 is 1.08 bits per heavy atom. The summed E-state index contributed by atoms with van der Waals surface area (Å²) in [7, 11) is -5.69. The average Bonchev–Trinajstić information content (AvgIpc) is 2.62. The van der Waals surface area contributed by atoms with E-state index in [0.717, 1.165) is 8.78 Å². The first kappa shape index (κ1) is 21.3. The van der Waals surface area contributed by atoms with Gasteiger partial charge >= 0.3 is 0 Å². The van der Waals surface area contributed by atoms with Crippen molar-refractivity contribution in [1.82, 2.24) is 13.5 Å². The van der Waals surface area contributed by atoms with Crippen molar-refractivity contribution in [3.63, 3.8) is 0 Å². The van der Waals surface area contributed by atoms with E-state index in [2.05, 4.69) is 15.9 Å². The molecule has 1 aliphatic rings. The van der Waals surface area contributed by atoms with Gasteiger partial charge in [0.2, 0.25) is 26.0 Å². The molecule has 1 aliphatic heterocycles. The van der Waals surface area contributed by atoms with Crippen LogP contribution in [0.1, 0.15) is 6.92 Å². The third-order valence-corrected chi connectivity index (χ3v) is 8.46. The van der Waals surface area contributed by atoms with E-state index in [1.165, 1.54) is 28.4 Å². The van der Waals surface area contributed by atoms with Crippen LogP contribution in [0.4, 0.5) is 0 Å². The van der Waals surface area contributed by atoms with Crippen LogP contribution in [0.2, 0.25) is 0 Å². The average molecular weight is 468 g/mol. The van der Waals surface area contributed by atoms with Gasteiger partial charge in [0.1, 0.15) is 0 Å². The van der Waals surface area contributed by atoms with Crippen LogP contribution in [-0.4, -0.2) is 81.8 Å². The second-order valence-corrected chi connectivity index (χ2v) is 11.1. The Bertz CT molecular complexity index is 848. The number of halogens is 1. The monoisotopic (exact) mass is 467 g/mol. The van der Waals surface area contributed by atoms with Crippen molar-refractivity contribution in [2.24, 2.45) is 0 Å². The van der Waals surface area contributed by atoms with Crippen molar-refractivity contribution in [3.05, 3.63) is 28.7 Å². The summed E-state index contributed by atoms with van der Waals surface area (Å²) in [6.07, 6.45) is 0. The van der Waals surface area contributed by atoms with Crippen molar-refractivity contribution in [2.45, 2.75) is 11.8 Å². The minimum absolute atomic E-state index is 0.0229. The molecule has 26 heavy (non-hydrogen) atoms. The smallest absolute Gasteiger partial charge is 0.243 e. The number of hydrogen-bond acceptors (Lipinski definition) is 5. The molecule has 1 aromatic carbocycles. The molecule has 0 N–H and O–H groups in total. The minimum atomic E-state index is -3.77. The van der Waals surface area contributed by atoms with Crippen LogP contribution < -0.4 is 0 Å². The van der Waals surface area contributed by atoms with Crippen LogP contribution in [-0.2, 0) is 24.8 Å². The molecule has 0 saturated carbocycles. The molecular formula is C15H22BrN3O5S2. The quantitative estimate of drug-likeness (QED) is 0.608. The number of likely N-dealkylation sites (N-methyl/N-ethyl adjacent to an activating group) is 1. The number of carbonyl (C=O) groups excluding carboxylic acids is 1. The summed E-state index contributed by atoms with van der Waals surface area (Å²) in [6.45, 7) is 2.25. The van der Waals surface area contributed by atoms with E-state index in [-0.39, 0.29) is 49.3 Å². The maximum Gasteiger partial charge on any atom is 0.243 e. The van der Waals surface area contributed by atoms with Gasteiger partial charge in [-0.1, -0.05) is 15.9 Å². The number of nitrogens with zero attached hydrogens (tertiary/aromatic N) is 3. The maximum atomic E-state index is 12.5. The number of rotatable bonds is 6. The molecule has 0 unspecified atom stereocenters. The molecule has 1 fully saturated rings. The SMILES string of the molecule is CCS(=O)(=O)N1CCN(C(=O)CN(C)S(=O)(=O)c2ccc(Br)cc2)CC1. The lowest BCUT2D eigenvalue weighted by Crippen LogP contribution is -2.52. The Kier molecular flexibility index (Phi) is 6.83. The van der Waals surface area contributed by atoms with Gasteiger partial charge in [0, 0.05) is 37.7 Å². The topological polar surface area (TPSA) is 95.1 Å². The third kappa shape index (κ3) is 4.83. The van der Waals surface area contributed by atoms with E-state index in [1.54, 1.807) is 19.1 Å². The third-order valence-electron chi connectivity index (χ3n) is 4.23. The molecule has 1 heterocycles. The van der Waals surface area contributed by atoms with Gasteiger partial charge in [-0.2, -0.15) is 8.61 Å². The first-order chi connectivity index (χ1) is 12.1. The zero-order valence-corrected chi connectivity index (χ0v) is 17.8. The fourth-order valence-electron chi connectivity index (χ4n) is 2.56. The van der Waals surface area contributed by atoms with Crippen LogP contribution in [0.3, 0.4) is 0 Å². The number of amides is 1. The van der Waals surface area contributed by atoms with Crippen molar-refractivity contribution in [3.8, 4) is 0 Å². The fraction of sp³-hybridized carbons (Fsp3) is 0.533. The molecule has 146 valence electrons. The van der Waals surface area contributed by atoms with E-state index >= 15 is 0 Å². The summed E-state index contributed by atoms with van der Waals surface area (Å²) in [5.74, 6) is -0.323. The van der Waals surface area contributed by atoms with E-state index in [0.29, 0.717) is 0 Å². The molecule has 8 nitrogen and oxygen atoms in total. The van der Waals surface area contributed by atoms with E-state index < -0.39 is 20.0 Å². The van der Waals surface area contributed by atoms with E-state index in [4.69, 9.17) is 0 Å². The Balaban J connectivity index is 1.98. The second kappa shape index (κ2) is 8.34. The van der Waals surface area contributed by atoms with Crippen LogP contribution in [0.5, 0.6) is 0 Å². The highest BCUT2D eigenvalue weighted by molar-refractivity contribution is 9.10. The van der Waals surface area contributed by atoms with Gasteiger partial charge in [0.25, 0.3) is 0 Å². The number of benzene rings is 1. The molecule has 11 heteroatoms. The zero-order valence-electron chi connectivity index (χ0n) is 14.6. The zero-order chi connectivity index (χ0) is 19.5. The number of sulfonamides is 2. The van der Waals surface area contributed by atoms with Crippen molar-refractivity contribution in [1.29, 1.82) is 0 Å². The molecule has 0 aromatic heterocycles. The lowest BCUT2D eigenvalue weighted by Gasteiger charge is -2.34. The summed E-state index contributed by atoms with van der Waals surface area (Å²) in [5, 5.41) is 0. The van der Waals surface area contributed by atoms with Crippen LogP contribution in [0.15, 0.2) is 33.6 Å². The summed E-state index contributed by atoms with van der Waals surface area (Å²) in [5.41, 5.74) is 0. The Hall–Kier alpha value is -1.01. The molecule has 0 spiro atoms. The molecule has 0 radical (unpaired) electrons. The van der Waals surface area contributed by atoms with Gasteiger partial charge in [-0.05, 0) is 31.2 Å². The van der Waals surface area contributed by atoms with Gasteiger partial charge < -0.3 is 4.90 Å². The van der Waals surface area contributed by atoms with Gasteiger partial charge in [0.05, 0.1) is 17.2 Å². The van der Waals surface area contributed by atoms with Crippen molar-refractivity contribution in [2.75, 3.05) is 45.5 Å². The highest BCUT2D eigenvalue weighted by atomic mass is 79.9. The molecule has 1 aromatic rings. The van der Waals surface area contributed by atoms with Crippen LogP contribution >= 0.6 is 15.9 Å². The molecule has 0 aliphatic carbocycles. The minimum Gasteiger partial charge on any atom is -0.339 e. The van der Waals surface area contributed by atoms with Crippen LogP contribution in [0, 0.1) is 0 Å². The lowest BCUT2D eigenvalue weighted by atomic mass is 10.3. The number of piperazine rings is 1. The van der Waals surface area contributed by atoms with E-state index in [9.17, 15) is 21.6 Å². The second-order valence-electron chi connectivity index (χ2n) is 5.90. The first-order valence-electron chi connectivity index (χ1n) is 8.05. The lowest BCUT2D eigenvalue weighted by molar-refractivity contribution is -0.132. The molecular weight excluding hydrogens is 446 g/mol. The largest absolute Gasteiger partial charge is 0.339 e. The normalized spacial score (nSPS) is 16.8. The predicted molar refractivity (Wildman–Crippen MR) is 102 cm³/mol. The standard InChI is InChI=1S/C15H22BrN3O5S2/c1-3-25(21,22)19-10-8-18(9-11-19)15(20)12-17(2)26(23,24)14-6-4-13(16)5-7-14/h4-7H,3,8-12H2,1-2H3. The predicted octanol–water partition coefficient (Wildman–Crippen LogP) is 0.564. The van der Waals surface area contributed by atoms with Gasteiger partial charge in [-0.25, -0.2) is 16.8 Å². The fourth-order valence-corrected chi connectivity index (χ4v) is 5.03. The Labute approximate surface area is 163 Å². The van der Waals surface area contributed by atoms with E-state index in [1.807, 2.05) is 0 Å². The summed E-state index contributed by atoms with van der Waals surface area (Å²) >= 11 is 3.25. The maximum absolute atomic E-state index is 12.5. The number of hydrogen-bond donors (Lipinski definition) is 0. The summed E-state index contributed by atoms with van der Waals surface area (Å²) in [6, 6.07) is 6.18. The molecule has 1 amide bonds. The summed E-state index contributed by atoms with van der Waals surface area (Å²) < 4.78 is 51.9.